The van der Waals surface area contributed by atoms with Gasteiger partial charge in [-0.3, -0.25) is 0 Å². The highest BCUT2D eigenvalue weighted by Crippen LogP contribution is 2.22. The predicted octanol–water partition coefficient (Wildman–Crippen LogP) is -0.819. The van der Waals surface area contributed by atoms with Gasteiger partial charge >= 0.3 is 0 Å². The highest BCUT2D eigenvalue weighted by atomic mass is 35.5. The van der Waals surface area contributed by atoms with Crippen molar-refractivity contribution in [3.8, 4) is 5.75 Å². The van der Waals surface area contributed by atoms with E-state index in [2.05, 4.69) is 5.32 Å². The van der Waals surface area contributed by atoms with Crippen LogP contribution in [0.2, 0.25) is 5.02 Å². The van der Waals surface area contributed by atoms with Crippen molar-refractivity contribution in [3.05, 3.63) is 29.3 Å². The lowest BCUT2D eigenvalue weighted by Crippen LogP contribution is -3.20. The van der Waals surface area contributed by atoms with Crippen LogP contribution in [0.25, 0.3) is 0 Å². The third kappa shape index (κ3) is 3.37. The van der Waals surface area contributed by atoms with Gasteiger partial charge in [-0.1, -0.05) is 23.7 Å². The largest absolute Gasteiger partial charge is 0.486 e. The van der Waals surface area contributed by atoms with Crippen molar-refractivity contribution in [1.29, 1.82) is 0 Å². The molecule has 0 amide bonds. The zero-order valence-electron chi connectivity index (χ0n) is 9.42. The van der Waals surface area contributed by atoms with Gasteiger partial charge in [0.15, 0.2) is 0 Å². The Hall–Kier alpha value is -0.770. The Morgan fingerprint density at radius 3 is 2.75 bits per heavy atom. The number of piperazine rings is 1. The third-order valence-corrected chi connectivity index (χ3v) is 3.27. The zero-order chi connectivity index (χ0) is 11.2. The maximum atomic E-state index is 6.01. The van der Waals surface area contributed by atoms with E-state index < -0.39 is 0 Å². The average Bonchev–Trinajstić information content (AvgIpc) is 2.33. The standard InChI is InChI=1S/C12H17ClN2O/c13-11-3-1-2-4-12(11)16-10-9-15-7-5-14-6-8-15/h1-4,14H,5-10H2/p+2. The first-order chi connectivity index (χ1) is 7.86. The van der Waals surface area contributed by atoms with E-state index in [-0.39, 0.29) is 0 Å². The molecule has 2 rings (SSSR count). The average molecular weight is 243 g/mol. The van der Waals surface area contributed by atoms with Crippen LogP contribution in [0.3, 0.4) is 0 Å². The number of para-hydroxylation sites is 1. The van der Waals surface area contributed by atoms with Crippen LogP contribution in [0.1, 0.15) is 0 Å². The molecule has 0 spiro atoms. The van der Waals surface area contributed by atoms with Gasteiger partial charge in [0.05, 0.1) is 5.02 Å². The second kappa shape index (κ2) is 6.09. The Bertz CT molecular complexity index is 327. The molecule has 16 heavy (non-hydrogen) atoms. The molecule has 88 valence electrons. The molecular weight excluding hydrogens is 224 g/mol. The number of ether oxygens (including phenoxy) is 1. The summed E-state index contributed by atoms with van der Waals surface area (Å²) in [7, 11) is 0. The van der Waals surface area contributed by atoms with Gasteiger partial charge in [-0.2, -0.15) is 0 Å². The van der Waals surface area contributed by atoms with Gasteiger partial charge in [-0.15, -0.1) is 0 Å². The lowest BCUT2D eigenvalue weighted by Gasteiger charge is -2.22. The Kier molecular flexibility index (Phi) is 4.45. The molecule has 1 fully saturated rings. The molecular formula is C12H19ClN2O+2. The normalized spacial score (nSPS) is 17.3. The molecule has 1 aliphatic heterocycles. The molecule has 3 nitrogen and oxygen atoms in total. The van der Waals surface area contributed by atoms with Crippen LogP contribution in [0.5, 0.6) is 5.75 Å². The molecule has 0 bridgehead atoms. The first-order valence-electron chi connectivity index (χ1n) is 5.89. The number of hydrogen-bond acceptors (Lipinski definition) is 1. The van der Waals surface area contributed by atoms with Crippen LogP contribution in [-0.2, 0) is 0 Å². The van der Waals surface area contributed by atoms with Crippen molar-refractivity contribution < 1.29 is 15.0 Å². The third-order valence-electron chi connectivity index (χ3n) is 2.95. The first kappa shape index (κ1) is 11.7. The molecule has 0 radical (unpaired) electrons. The van der Waals surface area contributed by atoms with Crippen molar-refractivity contribution >= 4 is 11.6 Å². The monoisotopic (exact) mass is 242 g/mol. The van der Waals surface area contributed by atoms with Gasteiger partial charge in [0, 0.05) is 0 Å². The molecule has 0 saturated carbocycles. The molecule has 0 atom stereocenters. The molecule has 1 aromatic rings. The smallest absolute Gasteiger partial charge is 0.138 e. The zero-order valence-corrected chi connectivity index (χ0v) is 10.2. The van der Waals surface area contributed by atoms with E-state index in [0.29, 0.717) is 5.02 Å². The molecule has 1 aromatic carbocycles. The number of halogens is 1. The molecule has 3 N–H and O–H groups in total. The van der Waals surface area contributed by atoms with E-state index in [0.717, 1.165) is 18.9 Å². The summed E-state index contributed by atoms with van der Waals surface area (Å²) in [6.07, 6.45) is 0. The van der Waals surface area contributed by atoms with Gasteiger partial charge in [0.25, 0.3) is 0 Å². The summed E-state index contributed by atoms with van der Waals surface area (Å²) in [5.41, 5.74) is 0. The van der Waals surface area contributed by atoms with E-state index in [1.165, 1.54) is 26.2 Å². The van der Waals surface area contributed by atoms with Gasteiger partial charge in [0.1, 0.15) is 45.1 Å². The van der Waals surface area contributed by atoms with E-state index in [9.17, 15) is 0 Å². The lowest BCUT2D eigenvalue weighted by molar-refractivity contribution is -0.946. The molecule has 0 aliphatic carbocycles. The van der Waals surface area contributed by atoms with Gasteiger partial charge in [-0.25, -0.2) is 0 Å². The molecule has 1 aliphatic rings. The van der Waals surface area contributed by atoms with E-state index >= 15 is 0 Å². The molecule has 0 unspecified atom stereocenters. The number of quaternary nitrogens is 2. The lowest BCUT2D eigenvalue weighted by atomic mass is 10.3. The summed E-state index contributed by atoms with van der Waals surface area (Å²) in [5.74, 6) is 0.798. The highest BCUT2D eigenvalue weighted by Gasteiger charge is 2.14. The van der Waals surface area contributed by atoms with Crippen LogP contribution < -0.4 is 15.0 Å². The van der Waals surface area contributed by atoms with Crippen LogP contribution in [0.15, 0.2) is 24.3 Å². The highest BCUT2D eigenvalue weighted by molar-refractivity contribution is 6.32. The molecule has 1 heterocycles. The number of rotatable bonds is 4. The van der Waals surface area contributed by atoms with Crippen molar-refractivity contribution in [2.24, 2.45) is 0 Å². The fraction of sp³-hybridized carbons (Fsp3) is 0.500. The number of hydrogen-bond donors (Lipinski definition) is 2. The maximum Gasteiger partial charge on any atom is 0.138 e. The minimum Gasteiger partial charge on any atom is -0.486 e. The summed E-state index contributed by atoms with van der Waals surface area (Å²) < 4.78 is 5.68. The summed E-state index contributed by atoms with van der Waals surface area (Å²) in [4.78, 5) is 1.63. The quantitative estimate of drug-likeness (QED) is 0.710. The Balaban J connectivity index is 1.73. The second-order valence-corrected chi connectivity index (χ2v) is 4.55. The number of nitrogens with two attached hydrogens (primary N) is 1. The van der Waals surface area contributed by atoms with Crippen LogP contribution >= 0.6 is 11.6 Å². The topological polar surface area (TPSA) is 30.3 Å². The van der Waals surface area contributed by atoms with E-state index in [1.807, 2.05) is 24.3 Å². The summed E-state index contributed by atoms with van der Waals surface area (Å²) >= 11 is 6.01. The summed E-state index contributed by atoms with van der Waals surface area (Å²) in [6, 6.07) is 7.64. The van der Waals surface area contributed by atoms with Crippen molar-refractivity contribution in [3.63, 3.8) is 0 Å². The Morgan fingerprint density at radius 1 is 1.25 bits per heavy atom. The predicted molar refractivity (Wildman–Crippen MR) is 64.2 cm³/mol. The van der Waals surface area contributed by atoms with E-state index in [1.54, 1.807) is 4.90 Å². The molecule has 1 saturated heterocycles. The molecule has 4 heteroatoms. The Morgan fingerprint density at radius 2 is 2.00 bits per heavy atom. The fourth-order valence-electron chi connectivity index (χ4n) is 2.00. The van der Waals surface area contributed by atoms with Gasteiger partial charge < -0.3 is 15.0 Å². The maximum absolute atomic E-state index is 6.01. The molecule has 0 aromatic heterocycles. The minimum atomic E-state index is 0.699. The first-order valence-corrected chi connectivity index (χ1v) is 6.26. The SMILES string of the molecule is Clc1ccccc1OCC[NH+]1CC[NH2+]CC1. The van der Waals surface area contributed by atoms with Crippen molar-refractivity contribution in [2.75, 3.05) is 39.3 Å². The van der Waals surface area contributed by atoms with Gasteiger partial charge in [-0.05, 0) is 12.1 Å². The van der Waals surface area contributed by atoms with Crippen LogP contribution in [0.4, 0.5) is 0 Å². The Labute approximate surface area is 101 Å². The van der Waals surface area contributed by atoms with Crippen LogP contribution in [0, 0.1) is 0 Å². The van der Waals surface area contributed by atoms with Gasteiger partial charge in [0.2, 0.25) is 0 Å². The minimum absolute atomic E-state index is 0.699. The second-order valence-electron chi connectivity index (χ2n) is 4.14. The van der Waals surface area contributed by atoms with Crippen molar-refractivity contribution in [1.82, 2.24) is 0 Å². The fourth-order valence-corrected chi connectivity index (χ4v) is 2.19. The summed E-state index contributed by atoms with van der Waals surface area (Å²) in [6.45, 7) is 6.78. The van der Waals surface area contributed by atoms with Crippen LogP contribution in [-0.4, -0.2) is 39.3 Å². The number of benzene rings is 1. The van der Waals surface area contributed by atoms with Crippen molar-refractivity contribution in [2.45, 2.75) is 0 Å². The number of nitrogens with one attached hydrogen (secondary N) is 1. The summed E-state index contributed by atoms with van der Waals surface area (Å²) in [5, 5.41) is 3.07. The van der Waals surface area contributed by atoms with E-state index in [4.69, 9.17) is 16.3 Å².